The second-order valence-corrected chi connectivity index (χ2v) is 5.11. The Morgan fingerprint density at radius 2 is 2.11 bits per heavy atom. The molecule has 1 aliphatic carbocycles. The Balaban J connectivity index is 1.89. The van der Waals surface area contributed by atoms with E-state index in [0.717, 1.165) is 37.9 Å². The van der Waals surface area contributed by atoms with Gasteiger partial charge in [-0.15, -0.1) is 0 Å². The van der Waals surface area contributed by atoms with Crippen molar-refractivity contribution in [3.63, 3.8) is 0 Å². The molecule has 0 bridgehead atoms. The standard InChI is InChI=1S/C14H21N3O/c1-10-3-2-4-13(16-10)17-14(18)12-7-5-11(9-15)6-8-12/h2-4,11-12H,5-9,15H2,1H3,(H,16,17,18). The highest BCUT2D eigenvalue weighted by molar-refractivity contribution is 5.91. The quantitative estimate of drug-likeness (QED) is 0.859. The van der Waals surface area contributed by atoms with Crippen molar-refractivity contribution in [1.82, 2.24) is 4.98 Å². The van der Waals surface area contributed by atoms with Crippen molar-refractivity contribution in [2.24, 2.45) is 17.6 Å². The molecule has 0 radical (unpaired) electrons. The lowest BCUT2D eigenvalue weighted by atomic mass is 9.81. The van der Waals surface area contributed by atoms with Crippen LogP contribution in [0.2, 0.25) is 0 Å². The summed E-state index contributed by atoms with van der Waals surface area (Å²) in [5, 5.41) is 2.90. The van der Waals surface area contributed by atoms with Crippen LogP contribution in [0.3, 0.4) is 0 Å². The third kappa shape index (κ3) is 3.29. The van der Waals surface area contributed by atoms with Gasteiger partial charge in [0.15, 0.2) is 0 Å². The number of hydrogen-bond acceptors (Lipinski definition) is 3. The molecule has 1 fully saturated rings. The maximum absolute atomic E-state index is 12.1. The summed E-state index contributed by atoms with van der Waals surface area (Å²) in [6.45, 7) is 2.66. The van der Waals surface area contributed by atoms with E-state index in [2.05, 4.69) is 10.3 Å². The highest BCUT2D eigenvalue weighted by Gasteiger charge is 2.25. The Labute approximate surface area is 108 Å². The van der Waals surface area contributed by atoms with Gasteiger partial charge in [-0.25, -0.2) is 4.98 Å². The number of hydrogen-bond donors (Lipinski definition) is 2. The molecule has 4 heteroatoms. The fourth-order valence-corrected chi connectivity index (χ4v) is 2.50. The molecule has 4 nitrogen and oxygen atoms in total. The number of nitrogens with zero attached hydrogens (tertiary/aromatic N) is 1. The van der Waals surface area contributed by atoms with Crippen LogP contribution in [0.5, 0.6) is 0 Å². The van der Waals surface area contributed by atoms with Crippen LogP contribution >= 0.6 is 0 Å². The number of pyridine rings is 1. The van der Waals surface area contributed by atoms with Crippen molar-refractivity contribution in [1.29, 1.82) is 0 Å². The molecule has 0 unspecified atom stereocenters. The third-order valence-corrected chi connectivity index (χ3v) is 3.69. The monoisotopic (exact) mass is 247 g/mol. The number of nitrogens with two attached hydrogens (primary N) is 1. The van der Waals surface area contributed by atoms with Crippen LogP contribution in [0.1, 0.15) is 31.4 Å². The van der Waals surface area contributed by atoms with E-state index >= 15 is 0 Å². The number of amides is 1. The van der Waals surface area contributed by atoms with Crippen LogP contribution in [0.25, 0.3) is 0 Å². The molecule has 1 heterocycles. The van der Waals surface area contributed by atoms with E-state index in [1.807, 2.05) is 25.1 Å². The van der Waals surface area contributed by atoms with Crippen molar-refractivity contribution in [2.45, 2.75) is 32.6 Å². The highest BCUT2D eigenvalue weighted by Crippen LogP contribution is 2.28. The van der Waals surface area contributed by atoms with E-state index in [9.17, 15) is 4.79 Å². The minimum absolute atomic E-state index is 0.101. The molecule has 0 atom stereocenters. The summed E-state index contributed by atoms with van der Waals surface area (Å²) in [5.74, 6) is 1.48. The highest BCUT2D eigenvalue weighted by atomic mass is 16.1. The summed E-state index contributed by atoms with van der Waals surface area (Å²) in [5.41, 5.74) is 6.57. The average molecular weight is 247 g/mol. The van der Waals surface area contributed by atoms with E-state index in [1.54, 1.807) is 0 Å². The topological polar surface area (TPSA) is 68.0 Å². The summed E-state index contributed by atoms with van der Waals surface area (Å²) >= 11 is 0. The van der Waals surface area contributed by atoms with Crippen LogP contribution in [0.15, 0.2) is 18.2 Å². The molecule has 2 rings (SSSR count). The first-order valence-electron chi connectivity index (χ1n) is 6.63. The lowest BCUT2D eigenvalue weighted by Crippen LogP contribution is -2.29. The molecule has 1 aromatic rings. The molecule has 1 aromatic heterocycles. The number of anilines is 1. The lowest BCUT2D eigenvalue weighted by Gasteiger charge is -2.26. The van der Waals surface area contributed by atoms with Gasteiger partial charge in [-0.1, -0.05) is 6.07 Å². The predicted molar refractivity (Wildman–Crippen MR) is 72.1 cm³/mol. The van der Waals surface area contributed by atoms with E-state index in [0.29, 0.717) is 11.7 Å². The first kappa shape index (κ1) is 13.0. The summed E-state index contributed by atoms with van der Waals surface area (Å²) in [6.07, 6.45) is 4.02. The van der Waals surface area contributed by atoms with Crippen molar-refractivity contribution in [3.8, 4) is 0 Å². The number of carbonyl (C=O) groups excluding carboxylic acids is 1. The summed E-state index contributed by atoms with van der Waals surface area (Å²) in [4.78, 5) is 16.4. The maximum Gasteiger partial charge on any atom is 0.228 e. The van der Waals surface area contributed by atoms with Gasteiger partial charge in [-0.3, -0.25) is 4.79 Å². The van der Waals surface area contributed by atoms with Gasteiger partial charge in [0, 0.05) is 11.6 Å². The van der Waals surface area contributed by atoms with Crippen molar-refractivity contribution >= 4 is 11.7 Å². The van der Waals surface area contributed by atoms with Gasteiger partial charge in [0.05, 0.1) is 0 Å². The van der Waals surface area contributed by atoms with Crippen LogP contribution in [0.4, 0.5) is 5.82 Å². The zero-order chi connectivity index (χ0) is 13.0. The second-order valence-electron chi connectivity index (χ2n) is 5.11. The molecular formula is C14H21N3O. The van der Waals surface area contributed by atoms with E-state index < -0.39 is 0 Å². The van der Waals surface area contributed by atoms with E-state index in [4.69, 9.17) is 5.73 Å². The SMILES string of the molecule is Cc1cccc(NC(=O)C2CCC(CN)CC2)n1. The molecule has 98 valence electrons. The van der Waals surface area contributed by atoms with Crippen molar-refractivity contribution in [3.05, 3.63) is 23.9 Å². The number of carbonyl (C=O) groups is 1. The largest absolute Gasteiger partial charge is 0.330 e. The van der Waals surface area contributed by atoms with Gasteiger partial charge in [0.1, 0.15) is 5.82 Å². The second kappa shape index (κ2) is 5.96. The van der Waals surface area contributed by atoms with Crippen LogP contribution in [0, 0.1) is 18.8 Å². The smallest absolute Gasteiger partial charge is 0.228 e. The Hall–Kier alpha value is -1.42. The average Bonchev–Trinajstić information content (AvgIpc) is 2.39. The molecule has 0 saturated heterocycles. The molecule has 3 N–H and O–H groups in total. The Kier molecular flexibility index (Phi) is 4.31. The van der Waals surface area contributed by atoms with E-state index in [-0.39, 0.29) is 11.8 Å². The number of aryl methyl sites for hydroxylation is 1. The zero-order valence-electron chi connectivity index (χ0n) is 10.9. The Morgan fingerprint density at radius 1 is 1.39 bits per heavy atom. The maximum atomic E-state index is 12.1. The fraction of sp³-hybridized carbons (Fsp3) is 0.571. The van der Waals surface area contributed by atoms with Crippen molar-refractivity contribution in [2.75, 3.05) is 11.9 Å². The molecule has 0 aromatic carbocycles. The van der Waals surface area contributed by atoms with Crippen LogP contribution in [-0.4, -0.2) is 17.4 Å². The fourth-order valence-electron chi connectivity index (χ4n) is 2.50. The van der Waals surface area contributed by atoms with Gasteiger partial charge >= 0.3 is 0 Å². The van der Waals surface area contributed by atoms with Crippen LogP contribution < -0.4 is 11.1 Å². The molecule has 0 aliphatic heterocycles. The molecule has 1 amide bonds. The summed E-state index contributed by atoms with van der Waals surface area (Å²) < 4.78 is 0. The first-order chi connectivity index (χ1) is 8.69. The number of aromatic nitrogens is 1. The van der Waals surface area contributed by atoms with Crippen molar-refractivity contribution < 1.29 is 4.79 Å². The van der Waals surface area contributed by atoms with Crippen LogP contribution in [-0.2, 0) is 4.79 Å². The number of rotatable bonds is 3. The van der Waals surface area contributed by atoms with Gasteiger partial charge in [0.2, 0.25) is 5.91 Å². The summed E-state index contributed by atoms with van der Waals surface area (Å²) in [6, 6.07) is 5.65. The normalized spacial score (nSPS) is 23.7. The molecule has 0 spiro atoms. The minimum atomic E-state index is 0.101. The molecule has 1 aliphatic rings. The summed E-state index contributed by atoms with van der Waals surface area (Å²) in [7, 11) is 0. The lowest BCUT2D eigenvalue weighted by molar-refractivity contribution is -0.121. The molecular weight excluding hydrogens is 226 g/mol. The Bertz CT molecular complexity index is 411. The van der Waals surface area contributed by atoms with Gasteiger partial charge in [-0.2, -0.15) is 0 Å². The number of nitrogens with one attached hydrogen (secondary N) is 1. The Morgan fingerprint density at radius 3 is 2.72 bits per heavy atom. The first-order valence-corrected chi connectivity index (χ1v) is 6.63. The third-order valence-electron chi connectivity index (χ3n) is 3.69. The van der Waals surface area contributed by atoms with Gasteiger partial charge in [0.25, 0.3) is 0 Å². The molecule has 1 saturated carbocycles. The van der Waals surface area contributed by atoms with Gasteiger partial charge < -0.3 is 11.1 Å². The van der Waals surface area contributed by atoms with E-state index in [1.165, 1.54) is 0 Å². The predicted octanol–water partition coefficient (Wildman–Crippen LogP) is 2.09. The molecule has 18 heavy (non-hydrogen) atoms. The zero-order valence-corrected chi connectivity index (χ0v) is 10.9. The van der Waals surface area contributed by atoms with Gasteiger partial charge in [-0.05, 0) is 57.2 Å². The minimum Gasteiger partial charge on any atom is -0.330 e.